The third-order valence-electron chi connectivity index (χ3n) is 7.44. The van der Waals surface area contributed by atoms with Crippen LogP contribution in [0.15, 0.2) is 54.6 Å². The Morgan fingerprint density at radius 3 is 2.55 bits per heavy atom. The molecule has 1 amide bonds. The second-order valence-corrected chi connectivity index (χ2v) is 9.30. The van der Waals surface area contributed by atoms with Crippen molar-refractivity contribution in [1.29, 1.82) is 0 Å². The van der Waals surface area contributed by atoms with Crippen molar-refractivity contribution in [2.45, 2.75) is 57.5 Å². The number of esters is 1. The summed E-state index contributed by atoms with van der Waals surface area (Å²) in [7, 11) is 1.41. The average molecular weight is 443 g/mol. The summed E-state index contributed by atoms with van der Waals surface area (Å²) in [5.74, 6) is 0.0859. The van der Waals surface area contributed by atoms with Gasteiger partial charge in [-0.2, -0.15) is 0 Å². The standard InChI is InChI=1S/C28H30N2O3/c1-18-22(27(19-10-4-3-5-11-19)21-13-7-8-14-23(21)29-18)17-26(31)30-24-15-9-6-12-20(24)16-25(30)28(32)33-2/h3-5,7-8,10-11,13-14,20,24-25H,6,9,12,15-17H2,1-2H3/t20-,24-,25-/m0/s1. The van der Waals surface area contributed by atoms with Crippen LogP contribution in [0.2, 0.25) is 0 Å². The van der Waals surface area contributed by atoms with Gasteiger partial charge in [-0.05, 0) is 54.9 Å². The van der Waals surface area contributed by atoms with Crippen LogP contribution >= 0.6 is 0 Å². The minimum atomic E-state index is -0.482. The topological polar surface area (TPSA) is 59.5 Å². The first-order valence-corrected chi connectivity index (χ1v) is 11.9. The van der Waals surface area contributed by atoms with E-state index in [4.69, 9.17) is 9.72 Å². The highest BCUT2D eigenvalue weighted by molar-refractivity contribution is 5.98. The number of aryl methyl sites for hydroxylation is 1. The number of pyridine rings is 1. The van der Waals surface area contributed by atoms with Gasteiger partial charge in [-0.3, -0.25) is 9.78 Å². The quantitative estimate of drug-likeness (QED) is 0.529. The van der Waals surface area contributed by atoms with E-state index in [1.807, 2.05) is 48.2 Å². The van der Waals surface area contributed by atoms with E-state index >= 15 is 0 Å². The highest BCUT2D eigenvalue weighted by Crippen LogP contribution is 2.41. The zero-order valence-corrected chi connectivity index (χ0v) is 19.3. The molecule has 33 heavy (non-hydrogen) atoms. The molecule has 5 nitrogen and oxygen atoms in total. The van der Waals surface area contributed by atoms with Crippen molar-refractivity contribution in [3.05, 3.63) is 65.9 Å². The summed E-state index contributed by atoms with van der Waals surface area (Å²) in [6, 6.07) is 17.9. The minimum Gasteiger partial charge on any atom is -0.467 e. The van der Waals surface area contributed by atoms with Crippen molar-refractivity contribution in [1.82, 2.24) is 9.88 Å². The SMILES string of the molecule is COC(=O)[C@@H]1C[C@@H]2CCCC[C@@H]2N1C(=O)Cc1c(C)nc2ccccc2c1-c1ccccc1. The second kappa shape index (κ2) is 8.97. The van der Waals surface area contributed by atoms with Crippen LogP contribution in [0.5, 0.6) is 0 Å². The molecule has 0 unspecified atom stereocenters. The van der Waals surface area contributed by atoms with Crippen molar-refractivity contribution < 1.29 is 14.3 Å². The van der Waals surface area contributed by atoms with Crippen LogP contribution in [-0.2, 0) is 20.7 Å². The maximum absolute atomic E-state index is 13.9. The third-order valence-corrected chi connectivity index (χ3v) is 7.44. The molecule has 1 saturated heterocycles. The number of fused-ring (bicyclic) bond motifs is 2. The van der Waals surface area contributed by atoms with Crippen LogP contribution in [0.25, 0.3) is 22.0 Å². The van der Waals surface area contributed by atoms with E-state index in [0.717, 1.165) is 52.5 Å². The molecule has 1 aliphatic carbocycles. The molecule has 5 rings (SSSR count). The van der Waals surface area contributed by atoms with Gasteiger partial charge >= 0.3 is 5.97 Å². The Hall–Kier alpha value is -3.21. The van der Waals surface area contributed by atoms with Crippen molar-refractivity contribution in [3.8, 4) is 11.1 Å². The number of carbonyl (C=O) groups excluding carboxylic acids is 2. The van der Waals surface area contributed by atoms with Crippen molar-refractivity contribution in [2.75, 3.05) is 7.11 Å². The van der Waals surface area contributed by atoms with Gasteiger partial charge in [-0.1, -0.05) is 61.4 Å². The fraction of sp³-hybridized carbons (Fsp3) is 0.393. The molecule has 5 heteroatoms. The van der Waals surface area contributed by atoms with Crippen molar-refractivity contribution in [2.24, 2.45) is 5.92 Å². The smallest absolute Gasteiger partial charge is 0.328 e. The molecule has 3 atom stereocenters. The molecule has 0 bridgehead atoms. The molecule has 2 fully saturated rings. The van der Waals surface area contributed by atoms with Gasteiger partial charge in [-0.25, -0.2) is 4.79 Å². The van der Waals surface area contributed by atoms with Gasteiger partial charge < -0.3 is 9.64 Å². The summed E-state index contributed by atoms with van der Waals surface area (Å²) in [6.07, 6.45) is 5.25. The Labute approximate surface area is 194 Å². The molecule has 2 heterocycles. The molecule has 2 aliphatic rings. The van der Waals surface area contributed by atoms with Gasteiger partial charge in [0.25, 0.3) is 0 Å². The average Bonchev–Trinajstić information content (AvgIpc) is 3.24. The summed E-state index contributed by atoms with van der Waals surface area (Å²) in [4.78, 5) is 33.2. The summed E-state index contributed by atoms with van der Waals surface area (Å²) >= 11 is 0. The van der Waals surface area contributed by atoms with E-state index in [-0.39, 0.29) is 24.3 Å². The Morgan fingerprint density at radius 2 is 1.76 bits per heavy atom. The van der Waals surface area contributed by atoms with E-state index in [2.05, 4.69) is 18.2 Å². The zero-order chi connectivity index (χ0) is 22.9. The molecule has 2 aromatic carbocycles. The van der Waals surface area contributed by atoms with E-state index in [1.165, 1.54) is 13.5 Å². The van der Waals surface area contributed by atoms with Gasteiger partial charge in [0, 0.05) is 17.1 Å². The Balaban J connectivity index is 1.58. The molecule has 0 radical (unpaired) electrons. The number of hydrogen-bond acceptors (Lipinski definition) is 4. The van der Waals surface area contributed by atoms with Gasteiger partial charge in [0.1, 0.15) is 6.04 Å². The number of methoxy groups -OCH3 is 1. The lowest BCUT2D eigenvalue weighted by molar-refractivity contribution is -0.152. The fourth-order valence-electron chi connectivity index (χ4n) is 5.93. The first-order chi connectivity index (χ1) is 16.1. The minimum absolute atomic E-state index is 0.00263. The highest BCUT2D eigenvalue weighted by atomic mass is 16.5. The lowest BCUT2D eigenvalue weighted by Gasteiger charge is -2.33. The number of likely N-dealkylation sites (tertiary alicyclic amines) is 1. The van der Waals surface area contributed by atoms with E-state index < -0.39 is 6.04 Å². The summed E-state index contributed by atoms with van der Waals surface area (Å²) in [5, 5.41) is 1.04. The number of ether oxygens (including phenoxy) is 1. The Morgan fingerprint density at radius 1 is 1.03 bits per heavy atom. The molecule has 0 N–H and O–H groups in total. The lowest BCUT2D eigenvalue weighted by atomic mass is 9.84. The highest BCUT2D eigenvalue weighted by Gasteiger charge is 2.47. The Kier molecular flexibility index (Phi) is 5.88. The van der Waals surface area contributed by atoms with E-state index in [1.54, 1.807) is 0 Å². The first kappa shape index (κ1) is 21.6. The van der Waals surface area contributed by atoms with Crippen molar-refractivity contribution in [3.63, 3.8) is 0 Å². The third kappa shape index (κ3) is 3.90. The summed E-state index contributed by atoms with van der Waals surface area (Å²) in [6.45, 7) is 1.98. The van der Waals surface area contributed by atoms with Crippen LogP contribution in [-0.4, -0.2) is 41.0 Å². The van der Waals surface area contributed by atoms with E-state index in [9.17, 15) is 9.59 Å². The number of rotatable bonds is 4. The zero-order valence-electron chi connectivity index (χ0n) is 19.3. The summed E-state index contributed by atoms with van der Waals surface area (Å²) < 4.78 is 5.10. The predicted molar refractivity (Wildman–Crippen MR) is 129 cm³/mol. The number of nitrogens with zero attached hydrogens (tertiary/aromatic N) is 2. The molecule has 3 aromatic rings. The first-order valence-electron chi connectivity index (χ1n) is 11.9. The fourth-order valence-corrected chi connectivity index (χ4v) is 5.93. The number of para-hydroxylation sites is 1. The van der Waals surface area contributed by atoms with Crippen LogP contribution in [0.1, 0.15) is 43.4 Å². The maximum atomic E-state index is 13.9. The Bertz CT molecular complexity index is 1190. The molecule has 170 valence electrons. The largest absolute Gasteiger partial charge is 0.467 e. The molecule has 0 spiro atoms. The van der Waals surface area contributed by atoms with Gasteiger partial charge in [0.15, 0.2) is 0 Å². The van der Waals surface area contributed by atoms with Crippen molar-refractivity contribution >= 4 is 22.8 Å². The summed E-state index contributed by atoms with van der Waals surface area (Å²) in [5.41, 5.74) is 4.85. The van der Waals surface area contributed by atoms with Crippen LogP contribution in [0, 0.1) is 12.8 Å². The van der Waals surface area contributed by atoms with Crippen LogP contribution in [0.3, 0.4) is 0 Å². The lowest BCUT2D eigenvalue weighted by Crippen LogP contribution is -2.47. The molecule has 1 aromatic heterocycles. The van der Waals surface area contributed by atoms with Crippen LogP contribution < -0.4 is 0 Å². The molecular formula is C28H30N2O3. The number of benzene rings is 2. The van der Waals surface area contributed by atoms with E-state index in [0.29, 0.717) is 12.3 Å². The second-order valence-electron chi connectivity index (χ2n) is 9.30. The molecule has 1 aliphatic heterocycles. The van der Waals surface area contributed by atoms with Gasteiger partial charge in [0.05, 0.1) is 19.0 Å². The monoisotopic (exact) mass is 442 g/mol. The van der Waals surface area contributed by atoms with Gasteiger partial charge in [-0.15, -0.1) is 0 Å². The number of carbonyl (C=O) groups is 2. The maximum Gasteiger partial charge on any atom is 0.328 e. The molecule has 1 saturated carbocycles. The normalized spacial score (nSPS) is 22.2. The number of aromatic nitrogens is 1. The number of amides is 1. The van der Waals surface area contributed by atoms with Crippen LogP contribution in [0.4, 0.5) is 0 Å². The van der Waals surface area contributed by atoms with Gasteiger partial charge in [0.2, 0.25) is 5.91 Å². The molecular weight excluding hydrogens is 412 g/mol. The predicted octanol–water partition coefficient (Wildman–Crippen LogP) is 5.09. The number of hydrogen-bond donors (Lipinski definition) is 0.